The molecular formula is C19H17ClN2O3S. The quantitative estimate of drug-likeness (QED) is 0.649. The van der Waals surface area contributed by atoms with E-state index in [2.05, 4.69) is 10.3 Å². The van der Waals surface area contributed by atoms with Gasteiger partial charge in [0, 0.05) is 11.8 Å². The first-order valence-electron chi connectivity index (χ1n) is 7.83. The highest BCUT2D eigenvalue weighted by atomic mass is 35.5. The zero-order chi connectivity index (χ0) is 18.5. The predicted octanol–water partition coefficient (Wildman–Crippen LogP) is 4.94. The Balaban J connectivity index is 1.62. The maximum Gasteiger partial charge on any atom is 0.266 e. The second-order valence-corrected chi connectivity index (χ2v) is 6.93. The van der Waals surface area contributed by atoms with Gasteiger partial charge in [-0.05, 0) is 48.2 Å². The molecular weight excluding hydrogens is 372 g/mol. The molecule has 0 aliphatic carbocycles. The lowest BCUT2D eigenvalue weighted by Crippen LogP contribution is -2.11. The van der Waals surface area contributed by atoms with Crippen LogP contribution in [0.2, 0.25) is 5.02 Å². The molecule has 3 rings (SSSR count). The highest BCUT2D eigenvalue weighted by Gasteiger charge is 2.11. The molecule has 0 bridgehead atoms. The van der Waals surface area contributed by atoms with Crippen molar-refractivity contribution in [3.63, 3.8) is 0 Å². The number of aryl methyl sites for hydroxylation is 1. The molecule has 0 saturated carbocycles. The predicted molar refractivity (Wildman–Crippen MR) is 104 cm³/mol. The Hall–Kier alpha value is -2.57. The van der Waals surface area contributed by atoms with Crippen molar-refractivity contribution in [3.05, 3.63) is 69.0 Å². The van der Waals surface area contributed by atoms with Crippen molar-refractivity contribution in [1.82, 2.24) is 4.98 Å². The van der Waals surface area contributed by atoms with Crippen LogP contribution in [0.1, 0.15) is 20.8 Å². The molecule has 7 heteroatoms. The van der Waals surface area contributed by atoms with Gasteiger partial charge in [0.1, 0.15) is 12.4 Å². The van der Waals surface area contributed by atoms with Crippen LogP contribution in [0.3, 0.4) is 0 Å². The SMILES string of the molecule is COc1cc(C)ccc1OCc1csc(C(=O)Nc2ccc(Cl)cn2)c1. The van der Waals surface area contributed by atoms with Gasteiger partial charge in [0.05, 0.1) is 17.0 Å². The first-order chi connectivity index (χ1) is 12.5. The minimum absolute atomic E-state index is 0.219. The Morgan fingerprint density at radius 2 is 2.08 bits per heavy atom. The largest absolute Gasteiger partial charge is 0.493 e. The number of rotatable bonds is 6. The summed E-state index contributed by atoms with van der Waals surface area (Å²) in [6.45, 7) is 2.34. The Morgan fingerprint density at radius 3 is 2.81 bits per heavy atom. The van der Waals surface area contributed by atoms with E-state index in [1.165, 1.54) is 17.5 Å². The van der Waals surface area contributed by atoms with Gasteiger partial charge in [0.2, 0.25) is 0 Å². The molecule has 0 atom stereocenters. The van der Waals surface area contributed by atoms with Crippen LogP contribution in [0, 0.1) is 6.92 Å². The van der Waals surface area contributed by atoms with E-state index >= 15 is 0 Å². The van der Waals surface area contributed by atoms with E-state index in [1.54, 1.807) is 25.3 Å². The second-order valence-electron chi connectivity index (χ2n) is 5.58. The number of anilines is 1. The lowest BCUT2D eigenvalue weighted by Gasteiger charge is -2.10. The number of nitrogens with one attached hydrogen (secondary N) is 1. The normalized spacial score (nSPS) is 10.4. The number of methoxy groups -OCH3 is 1. The van der Waals surface area contributed by atoms with E-state index in [0.29, 0.717) is 33.8 Å². The van der Waals surface area contributed by atoms with Crippen LogP contribution in [0.4, 0.5) is 5.82 Å². The van der Waals surface area contributed by atoms with E-state index in [0.717, 1.165) is 11.1 Å². The van der Waals surface area contributed by atoms with Gasteiger partial charge in [0.25, 0.3) is 5.91 Å². The molecule has 0 fully saturated rings. The van der Waals surface area contributed by atoms with Gasteiger partial charge in [-0.1, -0.05) is 17.7 Å². The molecule has 0 unspecified atom stereocenters. The van der Waals surface area contributed by atoms with Crippen LogP contribution in [0.15, 0.2) is 48.0 Å². The van der Waals surface area contributed by atoms with Crippen molar-refractivity contribution in [1.29, 1.82) is 0 Å². The molecule has 0 aliphatic rings. The summed E-state index contributed by atoms with van der Waals surface area (Å²) < 4.78 is 11.1. The number of amides is 1. The molecule has 3 aromatic rings. The summed E-state index contributed by atoms with van der Waals surface area (Å²) in [4.78, 5) is 16.9. The highest BCUT2D eigenvalue weighted by molar-refractivity contribution is 7.12. The first-order valence-corrected chi connectivity index (χ1v) is 9.08. The number of halogens is 1. The summed E-state index contributed by atoms with van der Waals surface area (Å²) in [6, 6.07) is 10.9. The Morgan fingerprint density at radius 1 is 1.23 bits per heavy atom. The molecule has 1 N–H and O–H groups in total. The topological polar surface area (TPSA) is 60.5 Å². The number of thiophene rings is 1. The number of carbonyl (C=O) groups is 1. The van der Waals surface area contributed by atoms with E-state index in [4.69, 9.17) is 21.1 Å². The van der Waals surface area contributed by atoms with Gasteiger partial charge in [0.15, 0.2) is 11.5 Å². The lowest BCUT2D eigenvalue weighted by atomic mass is 10.2. The number of hydrogen-bond donors (Lipinski definition) is 1. The van der Waals surface area contributed by atoms with Crippen LogP contribution in [0.5, 0.6) is 11.5 Å². The summed E-state index contributed by atoms with van der Waals surface area (Å²) in [5.74, 6) is 1.59. The average Bonchev–Trinajstić information content (AvgIpc) is 3.11. The molecule has 0 radical (unpaired) electrons. The molecule has 0 aliphatic heterocycles. The summed E-state index contributed by atoms with van der Waals surface area (Å²) in [7, 11) is 1.61. The molecule has 2 heterocycles. The molecule has 1 aromatic carbocycles. The fourth-order valence-electron chi connectivity index (χ4n) is 2.25. The van der Waals surface area contributed by atoms with Crippen LogP contribution < -0.4 is 14.8 Å². The van der Waals surface area contributed by atoms with Crippen molar-refractivity contribution in [3.8, 4) is 11.5 Å². The minimum atomic E-state index is -0.219. The van der Waals surface area contributed by atoms with E-state index in [9.17, 15) is 4.79 Å². The van der Waals surface area contributed by atoms with Crippen LogP contribution >= 0.6 is 22.9 Å². The zero-order valence-corrected chi connectivity index (χ0v) is 15.9. The fraction of sp³-hybridized carbons (Fsp3) is 0.158. The first kappa shape index (κ1) is 18.2. The number of ether oxygens (including phenoxy) is 2. The van der Waals surface area contributed by atoms with Crippen molar-refractivity contribution in [2.24, 2.45) is 0 Å². The van der Waals surface area contributed by atoms with Crippen LogP contribution in [0.25, 0.3) is 0 Å². The second kappa shape index (κ2) is 8.21. The number of pyridine rings is 1. The molecule has 134 valence electrons. The highest BCUT2D eigenvalue weighted by Crippen LogP contribution is 2.29. The summed E-state index contributed by atoms with van der Waals surface area (Å²) in [5.41, 5.74) is 2.01. The minimum Gasteiger partial charge on any atom is -0.493 e. The van der Waals surface area contributed by atoms with Gasteiger partial charge < -0.3 is 14.8 Å². The molecule has 1 amide bonds. The van der Waals surface area contributed by atoms with Crippen LogP contribution in [-0.2, 0) is 6.61 Å². The Labute approximate surface area is 160 Å². The maximum atomic E-state index is 12.3. The summed E-state index contributed by atoms with van der Waals surface area (Å²) in [5, 5.41) is 5.15. The van der Waals surface area contributed by atoms with E-state index in [-0.39, 0.29) is 5.91 Å². The number of aromatic nitrogens is 1. The van der Waals surface area contributed by atoms with Crippen LogP contribution in [-0.4, -0.2) is 18.0 Å². The fourth-order valence-corrected chi connectivity index (χ4v) is 3.16. The molecule has 5 nitrogen and oxygen atoms in total. The number of hydrogen-bond acceptors (Lipinski definition) is 5. The van der Waals surface area contributed by atoms with Crippen molar-refractivity contribution in [2.75, 3.05) is 12.4 Å². The van der Waals surface area contributed by atoms with E-state index < -0.39 is 0 Å². The summed E-state index contributed by atoms with van der Waals surface area (Å²) >= 11 is 7.14. The molecule has 0 saturated heterocycles. The van der Waals surface area contributed by atoms with Crippen molar-refractivity contribution >= 4 is 34.7 Å². The third kappa shape index (κ3) is 4.53. The third-order valence-electron chi connectivity index (χ3n) is 3.56. The van der Waals surface area contributed by atoms with Crippen molar-refractivity contribution in [2.45, 2.75) is 13.5 Å². The molecule has 0 spiro atoms. The number of nitrogens with zero attached hydrogens (tertiary/aromatic N) is 1. The lowest BCUT2D eigenvalue weighted by molar-refractivity contribution is 0.103. The zero-order valence-electron chi connectivity index (χ0n) is 14.3. The standard InChI is InChI=1S/C19H17ClN2O3S/c1-12-3-5-15(16(7-12)24-2)25-10-13-8-17(26-11-13)19(23)22-18-6-4-14(20)9-21-18/h3-9,11H,10H2,1-2H3,(H,21,22,23). The monoisotopic (exact) mass is 388 g/mol. The van der Waals surface area contributed by atoms with Gasteiger partial charge in [-0.2, -0.15) is 0 Å². The smallest absolute Gasteiger partial charge is 0.266 e. The Bertz CT molecular complexity index is 909. The molecule has 26 heavy (non-hydrogen) atoms. The maximum absolute atomic E-state index is 12.3. The Kier molecular flexibility index (Phi) is 5.75. The van der Waals surface area contributed by atoms with E-state index in [1.807, 2.05) is 30.5 Å². The number of carbonyl (C=O) groups excluding carboxylic acids is 1. The third-order valence-corrected chi connectivity index (χ3v) is 4.76. The number of benzene rings is 1. The summed E-state index contributed by atoms with van der Waals surface area (Å²) in [6.07, 6.45) is 1.49. The van der Waals surface area contributed by atoms with Gasteiger partial charge >= 0.3 is 0 Å². The average molecular weight is 389 g/mol. The van der Waals surface area contributed by atoms with Crippen molar-refractivity contribution < 1.29 is 14.3 Å². The van der Waals surface area contributed by atoms with Gasteiger partial charge in [-0.3, -0.25) is 4.79 Å². The van der Waals surface area contributed by atoms with Gasteiger partial charge in [-0.15, -0.1) is 11.3 Å². The molecule has 2 aromatic heterocycles. The van der Waals surface area contributed by atoms with Gasteiger partial charge in [-0.25, -0.2) is 4.98 Å².